The van der Waals surface area contributed by atoms with Gasteiger partial charge in [-0.25, -0.2) is 0 Å². The molecule has 0 saturated carbocycles. The molecule has 0 saturated heterocycles. The number of benzene rings is 3. The Morgan fingerprint density at radius 1 is 0.750 bits per heavy atom. The van der Waals surface area contributed by atoms with Crippen LogP contribution in [-0.4, -0.2) is 0 Å². The zero-order chi connectivity index (χ0) is 16.9. The van der Waals surface area contributed by atoms with Crippen molar-refractivity contribution in [3.8, 4) is 12.3 Å². The second-order valence-corrected chi connectivity index (χ2v) is 6.71. The Labute approximate surface area is 145 Å². The van der Waals surface area contributed by atoms with Gasteiger partial charge in [-0.05, 0) is 70.5 Å². The van der Waals surface area contributed by atoms with Crippen LogP contribution in [0.1, 0.15) is 56.2 Å². The smallest absolute Gasteiger partial charge is 0.0327 e. The molecular formula is C24H26. The van der Waals surface area contributed by atoms with Gasteiger partial charge in [0.05, 0.1) is 0 Å². The molecule has 0 radical (unpaired) electrons. The van der Waals surface area contributed by atoms with E-state index in [1.165, 1.54) is 58.4 Å². The van der Waals surface area contributed by atoms with Gasteiger partial charge in [0, 0.05) is 5.56 Å². The van der Waals surface area contributed by atoms with E-state index in [0.29, 0.717) is 0 Å². The Bertz CT molecular complexity index is 893. The summed E-state index contributed by atoms with van der Waals surface area (Å²) in [5.74, 6) is 2.91. The predicted molar refractivity (Wildman–Crippen MR) is 107 cm³/mol. The minimum atomic E-state index is 1.02. The molecule has 0 fully saturated rings. The zero-order valence-corrected chi connectivity index (χ0v) is 14.9. The van der Waals surface area contributed by atoms with Crippen molar-refractivity contribution in [2.24, 2.45) is 0 Å². The van der Waals surface area contributed by atoms with Crippen LogP contribution in [-0.2, 0) is 12.8 Å². The van der Waals surface area contributed by atoms with Crippen molar-refractivity contribution in [1.29, 1.82) is 0 Å². The van der Waals surface area contributed by atoms with Gasteiger partial charge in [-0.2, -0.15) is 0 Å². The van der Waals surface area contributed by atoms with Gasteiger partial charge in [0.15, 0.2) is 0 Å². The van der Waals surface area contributed by atoms with Gasteiger partial charge in [-0.3, -0.25) is 0 Å². The fourth-order valence-electron chi connectivity index (χ4n) is 3.45. The molecule has 0 heteroatoms. The Hall–Kier alpha value is -2.26. The minimum Gasteiger partial charge on any atom is -0.115 e. The Balaban J connectivity index is 2.14. The third-order valence-electron chi connectivity index (χ3n) is 4.87. The monoisotopic (exact) mass is 314 g/mol. The van der Waals surface area contributed by atoms with E-state index >= 15 is 0 Å². The number of unbranched alkanes of at least 4 members (excludes halogenated alkanes) is 2. The lowest BCUT2D eigenvalue weighted by Crippen LogP contribution is -1.90. The third kappa shape index (κ3) is 3.31. The summed E-state index contributed by atoms with van der Waals surface area (Å²) < 4.78 is 0. The first-order valence-corrected chi connectivity index (χ1v) is 9.21. The molecule has 0 aliphatic rings. The molecule has 0 spiro atoms. The summed E-state index contributed by atoms with van der Waals surface area (Å²) in [4.78, 5) is 0. The van der Waals surface area contributed by atoms with Gasteiger partial charge in [0.25, 0.3) is 0 Å². The second-order valence-electron chi connectivity index (χ2n) is 6.71. The van der Waals surface area contributed by atoms with Gasteiger partial charge in [0.2, 0.25) is 0 Å². The molecular weight excluding hydrogens is 288 g/mol. The van der Waals surface area contributed by atoms with E-state index in [4.69, 9.17) is 6.42 Å². The lowest BCUT2D eigenvalue weighted by Gasteiger charge is -2.11. The van der Waals surface area contributed by atoms with Crippen LogP contribution in [0.5, 0.6) is 0 Å². The number of hydrogen-bond donors (Lipinski definition) is 0. The molecule has 0 bridgehead atoms. The SMILES string of the molecule is C#Cc1cc2cc(CCCC)ccc2c2ccc(CCCC)cc12. The van der Waals surface area contributed by atoms with Gasteiger partial charge in [-0.15, -0.1) is 6.42 Å². The van der Waals surface area contributed by atoms with E-state index in [-0.39, 0.29) is 0 Å². The summed E-state index contributed by atoms with van der Waals surface area (Å²) >= 11 is 0. The highest BCUT2D eigenvalue weighted by molar-refractivity contribution is 6.10. The van der Waals surface area contributed by atoms with Crippen LogP contribution in [0, 0.1) is 12.3 Å². The molecule has 0 aliphatic heterocycles. The summed E-state index contributed by atoms with van der Waals surface area (Å²) in [6.45, 7) is 4.47. The summed E-state index contributed by atoms with van der Waals surface area (Å²) in [6.07, 6.45) is 13.0. The maximum absolute atomic E-state index is 5.83. The molecule has 3 aromatic carbocycles. The normalized spacial score (nSPS) is 11.0. The highest BCUT2D eigenvalue weighted by atomic mass is 14.1. The van der Waals surface area contributed by atoms with Gasteiger partial charge >= 0.3 is 0 Å². The van der Waals surface area contributed by atoms with Gasteiger partial charge in [0.1, 0.15) is 0 Å². The van der Waals surface area contributed by atoms with Crippen molar-refractivity contribution < 1.29 is 0 Å². The van der Waals surface area contributed by atoms with Crippen molar-refractivity contribution >= 4 is 21.5 Å². The van der Waals surface area contributed by atoms with Crippen LogP contribution >= 0.6 is 0 Å². The van der Waals surface area contributed by atoms with E-state index in [1.54, 1.807) is 0 Å². The largest absolute Gasteiger partial charge is 0.115 e. The van der Waals surface area contributed by atoms with Crippen LogP contribution in [0.4, 0.5) is 0 Å². The molecule has 0 amide bonds. The lowest BCUT2D eigenvalue weighted by molar-refractivity contribution is 0.796. The molecule has 0 atom stereocenters. The van der Waals surface area contributed by atoms with Crippen LogP contribution < -0.4 is 0 Å². The van der Waals surface area contributed by atoms with Crippen LogP contribution in [0.25, 0.3) is 21.5 Å². The Kier molecular flexibility index (Phi) is 5.21. The zero-order valence-electron chi connectivity index (χ0n) is 14.9. The Morgan fingerprint density at radius 3 is 2.00 bits per heavy atom. The number of terminal acetylenes is 1. The highest BCUT2D eigenvalue weighted by Crippen LogP contribution is 2.30. The van der Waals surface area contributed by atoms with Crippen molar-refractivity contribution in [3.63, 3.8) is 0 Å². The predicted octanol–water partition coefficient (Wildman–Crippen LogP) is 6.66. The minimum absolute atomic E-state index is 1.02. The average Bonchev–Trinajstić information content (AvgIpc) is 2.63. The van der Waals surface area contributed by atoms with E-state index in [2.05, 4.69) is 62.2 Å². The fraction of sp³-hybridized carbons (Fsp3) is 0.333. The topological polar surface area (TPSA) is 0 Å². The first-order chi connectivity index (χ1) is 11.8. The van der Waals surface area contributed by atoms with Crippen molar-refractivity contribution in [3.05, 3.63) is 59.2 Å². The van der Waals surface area contributed by atoms with Gasteiger partial charge < -0.3 is 0 Å². The molecule has 24 heavy (non-hydrogen) atoms. The summed E-state index contributed by atoms with van der Waals surface area (Å²) in [5.41, 5.74) is 3.81. The molecule has 3 aromatic rings. The molecule has 0 aromatic heterocycles. The maximum atomic E-state index is 5.83. The standard InChI is InChI=1S/C24H26/c1-4-7-9-18-11-13-22-21(15-18)17-20(6-3)24-16-19(10-8-5-2)12-14-23(22)24/h3,11-17H,4-5,7-10H2,1-2H3. The lowest BCUT2D eigenvalue weighted by atomic mass is 9.93. The van der Waals surface area contributed by atoms with Crippen molar-refractivity contribution in [2.75, 3.05) is 0 Å². The molecule has 0 aliphatic carbocycles. The van der Waals surface area contributed by atoms with E-state index < -0.39 is 0 Å². The number of rotatable bonds is 6. The van der Waals surface area contributed by atoms with E-state index in [0.717, 1.165) is 18.4 Å². The van der Waals surface area contributed by atoms with Crippen LogP contribution in [0.3, 0.4) is 0 Å². The van der Waals surface area contributed by atoms with Crippen molar-refractivity contribution in [1.82, 2.24) is 0 Å². The van der Waals surface area contributed by atoms with Crippen LogP contribution in [0.15, 0.2) is 42.5 Å². The fourth-order valence-corrected chi connectivity index (χ4v) is 3.45. The summed E-state index contributed by atoms with van der Waals surface area (Å²) in [7, 11) is 0. The maximum Gasteiger partial charge on any atom is 0.0327 e. The van der Waals surface area contributed by atoms with E-state index in [1.807, 2.05) is 0 Å². The second kappa shape index (κ2) is 7.54. The first kappa shape index (κ1) is 16.6. The van der Waals surface area contributed by atoms with E-state index in [9.17, 15) is 0 Å². The number of fused-ring (bicyclic) bond motifs is 3. The summed E-state index contributed by atoms with van der Waals surface area (Å²) in [6, 6.07) is 15.9. The molecule has 0 nitrogen and oxygen atoms in total. The molecule has 0 unspecified atom stereocenters. The number of aryl methyl sites for hydroxylation is 2. The first-order valence-electron chi connectivity index (χ1n) is 9.21. The summed E-state index contributed by atoms with van der Waals surface area (Å²) in [5, 5.41) is 5.08. The van der Waals surface area contributed by atoms with Crippen LogP contribution in [0.2, 0.25) is 0 Å². The third-order valence-corrected chi connectivity index (χ3v) is 4.87. The molecule has 0 N–H and O–H groups in total. The highest BCUT2D eigenvalue weighted by Gasteiger charge is 2.07. The number of hydrogen-bond acceptors (Lipinski definition) is 0. The average molecular weight is 314 g/mol. The van der Waals surface area contributed by atoms with Crippen molar-refractivity contribution in [2.45, 2.75) is 52.4 Å². The van der Waals surface area contributed by atoms with Gasteiger partial charge in [-0.1, -0.05) is 62.9 Å². The molecule has 122 valence electrons. The quantitative estimate of drug-likeness (QED) is 0.352. The molecule has 0 heterocycles. The Morgan fingerprint density at radius 2 is 1.38 bits per heavy atom. The molecule has 3 rings (SSSR count).